The Hall–Kier alpha value is -3.41. The van der Waals surface area contributed by atoms with Crippen molar-refractivity contribution in [1.82, 2.24) is 0 Å². The highest BCUT2D eigenvalue weighted by Gasteiger charge is 2.38. The lowest BCUT2D eigenvalue weighted by Crippen LogP contribution is -2.21. The van der Waals surface area contributed by atoms with E-state index in [0.29, 0.717) is 22.6 Å². The summed E-state index contributed by atoms with van der Waals surface area (Å²) in [7, 11) is 0. The van der Waals surface area contributed by atoms with Gasteiger partial charge in [-0.1, -0.05) is 12.1 Å². The number of carbonyl (C=O) groups is 3. The van der Waals surface area contributed by atoms with E-state index >= 15 is 0 Å². The molecule has 27 heavy (non-hydrogen) atoms. The zero-order valence-electron chi connectivity index (χ0n) is 14.7. The Labute approximate surface area is 155 Å². The van der Waals surface area contributed by atoms with E-state index in [4.69, 9.17) is 14.6 Å². The maximum absolute atomic E-state index is 12.6. The van der Waals surface area contributed by atoms with Crippen LogP contribution in [0.25, 0.3) is 0 Å². The first-order chi connectivity index (χ1) is 12.9. The van der Waals surface area contributed by atoms with Gasteiger partial charge in [-0.15, -0.1) is 0 Å². The summed E-state index contributed by atoms with van der Waals surface area (Å²) in [5.74, 6) is -0.925. The van der Waals surface area contributed by atoms with Crippen LogP contribution < -0.4 is 9.47 Å². The lowest BCUT2D eigenvalue weighted by molar-refractivity contribution is -0.135. The molecule has 0 radical (unpaired) electrons. The molecule has 0 aromatic heterocycles. The zero-order chi connectivity index (χ0) is 19.3. The Balaban J connectivity index is 1.87. The second-order valence-electron chi connectivity index (χ2n) is 6.77. The number of carboxylic acids is 1. The van der Waals surface area contributed by atoms with Crippen molar-refractivity contribution in [2.75, 3.05) is 0 Å². The van der Waals surface area contributed by atoms with E-state index in [1.807, 2.05) is 0 Å². The van der Waals surface area contributed by atoms with Gasteiger partial charge in [-0.05, 0) is 49.2 Å². The topological polar surface area (TPSA) is 89.9 Å². The van der Waals surface area contributed by atoms with Crippen molar-refractivity contribution in [1.29, 1.82) is 0 Å². The fourth-order valence-corrected chi connectivity index (χ4v) is 3.46. The number of carbonyl (C=O) groups excluding carboxylic acids is 2. The molecule has 0 unspecified atom stereocenters. The molecule has 2 aromatic carbocycles. The van der Waals surface area contributed by atoms with Crippen molar-refractivity contribution in [3.63, 3.8) is 0 Å². The average molecular weight is 364 g/mol. The number of fused-ring (bicyclic) bond motifs is 3. The number of esters is 1. The molecule has 2 aliphatic heterocycles. The molecule has 2 aromatic rings. The molecule has 6 heteroatoms. The number of benzene rings is 2. The smallest absolute Gasteiger partial charge is 0.335 e. The number of rotatable bonds is 2. The van der Waals surface area contributed by atoms with Gasteiger partial charge in [0.15, 0.2) is 5.76 Å². The highest BCUT2D eigenvalue weighted by molar-refractivity contribution is 6.13. The number of carboxylic acid groups (broad SMARTS) is 1. The van der Waals surface area contributed by atoms with Gasteiger partial charge < -0.3 is 14.6 Å². The van der Waals surface area contributed by atoms with Crippen LogP contribution in [0.2, 0.25) is 0 Å². The molecular formula is C21H16O6. The van der Waals surface area contributed by atoms with Crippen LogP contribution >= 0.6 is 0 Å². The molecule has 0 spiro atoms. The van der Waals surface area contributed by atoms with E-state index in [0.717, 1.165) is 11.1 Å². The number of hydrogen-bond acceptors (Lipinski definition) is 5. The monoisotopic (exact) mass is 364 g/mol. The third-order valence-electron chi connectivity index (χ3n) is 4.77. The minimum Gasteiger partial charge on any atom is -0.478 e. The minimum absolute atomic E-state index is 0.0809. The zero-order valence-corrected chi connectivity index (χ0v) is 14.7. The molecular weight excluding hydrogens is 348 g/mol. The Morgan fingerprint density at radius 3 is 2.37 bits per heavy atom. The van der Waals surface area contributed by atoms with Gasteiger partial charge in [0.25, 0.3) is 0 Å². The molecule has 0 amide bonds. The van der Waals surface area contributed by atoms with Crippen molar-refractivity contribution < 1.29 is 29.0 Å². The highest BCUT2D eigenvalue weighted by Crippen LogP contribution is 2.49. The lowest BCUT2D eigenvalue weighted by atomic mass is 9.84. The second-order valence-corrected chi connectivity index (χ2v) is 6.77. The molecule has 1 N–H and O–H groups in total. The Bertz CT molecular complexity index is 1030. The third kappa shape index (κ3) is 2.70. The van der Waals surface area contributed by atoms with E-state index in [-0.39, 0.29) is 35.4 Å². The van der Waals surface area contributed by atoms with Gasteiger partial charge in [0.2, 0.25) is 5.78 Å². The Kier molecular flexibility index (Phi) is 3.84. The SMILES string of the molecule is CC(C)=C1Oc2c(ccc3c2[C@@H](c2ccc(C(=O)O)cc2)CC(=O)O3)C1=O. The van der Waals surface area contributed by atoms with Gasteiger partial charge in [0.1, 0.15) is 11.5 Å². The molecule has 6 nitrogen and oxygen atoms in total. The van der Waals surface area contributed by atoms with Gasteiger partial charge in [-0.3, -0.25) is 9.59 Å². The number of aromatic carboxylic acids is 1. The first kappa shape index (κ1) is 17.0. The van der Waals surface area contributed by atoms with Crippen molar-refractivity contribution in [3.05, 3.63) is 70.0 Å². The number of Topliss-reactive ketones (excluding diaryl/α,β-unsaturated/α-hetero) is 1. The van der Waals surface area contributed by atoms with E-state index in [2.05, 4.69) is 0 Å². The highest BCUT2D eigenvalue weighted by atomic mass is 16.5. The number of ether oxygens (including phenoxy) is 2. The molecule has 136 valence electrons. The van der Waals surface area contributed by atoms with Crippen LogP contribution in [0.15, 0.2) is 47.7 Å². The Morgan fingerprint density at radius 2 is 1.74 bits per heavy atom. The number of ketones is 1. The molecule has 2 heterocycles. The minimum atomic E-state index is -1.02. The lowest BCUT2D eigenvalue weighted by Gasteiger charge is -2.26. The van der Waals surface area contributed by atoms with Gasteiger partial charge in [-0.2, -0.15) is 0 Å². The van der Waals surface area contributed by atoms with E-state index in [1.54, 1.807) is 38.1 Å². The molecule has 4 rings (SSSR count). The first-order valence-corrected chi connectivity index (χ1v) is 8.47. The van der Waals surface area contributed by atoms with Crippen LogP contribution in [-0.2, 0) is 4.79 Å². The van der Waals surface area contributed by atoms with Crippen LogP contribution in [0.3, 0.4) is 0 Å². The summed E-state index contributed by atoms with van der Waals surface area (Å²) in [4.78, 5) is 35.8. The number of allylic oxidation sites excluding steroid dienone is 2. The summed E-state index contributed by atoms with van der Waals surface area (Å²) in [5.41, 5.74) is 2.76. The fourth-order valence-electron chi connectivity index (χ4n) is 3.46. The molecule has 2 aliphatic rings. The van der Waals surface area contributed by atoms with Crippen molar-refractivity contribution in [2.45, 2.75) is 26.2 Å². The van der Waals surface area contributed by atoms with Crippen LogP contribution in [0.5, 0.6) is 11.5 Å². The van der Waals surface area contributed by atoms with E-state index in [9.17, 15) is 14.4 Å². The van der Waals surface area contributed by atoms with Crippen LogP contribution in [0.4, 0.5) is 0 Å². The molecule has 0 fully saturated rings. The maximum Gasteiger partial charge on any atom is 0.335 e. The summed E-state index contributed by atoms with van der Waals surface area (Å²) < 4.78 is 11.2. The van der Waals surface area contributed by atoms with Crippen molar-refractivity contribution in [2.24, 2.45) is 0 Å². The quantitative estimate of drug-likeness (QED) is 0.496. The summed E-state index contributed by atoms with van der Waals surface area (Å²) in [6.45, 7) is 3.60. The average Bonchev–Trinajstić information content (AvgIpc) is 2.98. The van der Waals surface area contributed by atoms with Gasteiger partial charge in [-0.25, -0.2) is 4.79 Å². The summed E-state index contributed by atoms with van der Waals surface area (Å²) >= 11 is 0. The number of hydrogen-bond donors (Lipinski definition) is 1. The maximum atomic E-state index is 12.6. The molecule has 0 bridgehead atoms. The fraction of sp³-hybridized carbons (Fsp3) is 0.190. The third-order valence-corrected chi connectivity index (χ3v) is 4.77. The predicted molar refractivity (Wildman–Crippen MR) is 95.3 cm³/mol. The Morgan fingerprint density at radius 1 is 1.04 bits per heavy atom. The van der Waals surface area contributed by atoms with Gasteiger partial charge in [0.05, 0.1) is 17.5 Å². The standard InChI is InChI=1S/C21H16O6/c1-10(2)19-18(23)13-7-8-15-17(20(13)27-19)14(9-16(22)26-15)11-3-5-12(6-4-11)21(24)25/h3-8,14H,9H2,1-2H3,(H,24,25)/t14-/m1/s1. The summed E-state index contributed by atoms with van der Waals surface area (Å²) in [6, 6.07) is 9.56. The molecule has 0 saturated carbocycles. The van der Waals surface area contributed by atoms with Crippen molar-refractivity contribution >= 4 is 17.7 Å². The van der Waals surface area contributed by atoms with Crippen LogP contribution in [0.1, 0.15) is 58.0 Å². The molecule has 0 saturated heterocycles. The van der Waals surface area contributed by atoms with Gasteiger partial charge >= 0.3 is 11.9 Å². The first-order valence-electron chi connectivity index (χ1n) is 8.47. The predicted octanol–water partition coefficient (Wildman–Crippen LogP) is 3.69. The largest absolute Gasteiger partial charge is 0.478 e. The van der Waals surface area contributed by atoms with Crippen LogP contribution in [-0.4, -0.2) is 22.8 Å². The van der Waals surface area contributed by atoms with E-state index in [1.165, 1.54) is 12.1 Å². The second kappa shape index (κ2) is 6.09. The molecule has 1 atom stereocenters. The summed E-state index contributed by atoms with van der Waals surface area (Å²) in [6.07, 6.45) is 0.0809. The van der Waals surface area contributed by atoms with Gasteiger partial charge in [0, 0.05) is 11.5 Å². The summed E-state index contributed by atoms with van der Waals surface area (Å²) in [5, 5.41) is 9.09. The van der Waals surface area contributed by atoms with Crippen LogP contribution in [0, 0.1) is 0 Å². The normalized spacial score (nSPS) is 17.7. The van der Waals surface area contributed by atoms with E-state index < -0.39 is 5.97 Å². The van der Waals surface area contributed by atoms with Crippen molar-refractivity contribution in [3.8, 4) is 11.5 Å². The molecule has 0 aliphatic carbocycles.